The lowest BCUT2D eigenvalue weighted by molar-refractivity contribution is 0.105. The maximum absolute atomic E-state index is 5.84. The van der Waals surface area contributed by atoms with Crippen LogP contribution in [0.5, 0.6) is 5.75 Å². The second-order valence-electron chi connectivity index (χ2n) is 4.80. The predicted octanol–water partition coefficient (Wildman–Crippen LogP) is 2.26. The standard InChI is InChI=1S/C13H20N2O2/c1-9-13(2,4-5-17-9)15-11-6-10(14)7-12(8-11)16-3/h6-9,15H,4-5,14H2,1-3H3. The lowest BCUT2D eigenvalue weighted by Crippen LogP contribution is -2.41. The first-order valence-corrected chi connectivity index (χ1v) is 5.88. The molecule has 17 heavy (non-hydrogen) atoms. The van der Waals surface area contributed by atoms with E-state index in [1.807, 2.05) is 18.2 Å². The van der Waals surface area contributed by atoms with Crippen molar-refractivity contribution < 1.29 is 9.47 Å². The first kappa shape index (κ1) is 12.0. The van der Waals surface area contributed by atoms with E-state index in [0.29, 0.717) is 5.69 Å². The summed E-state index contributed by atoms with van der Waals surface area (Å²) in [6.07, 6.45) is 1.18. The van der Waals surface area contributed by atoms with Gasteiger partial charge in [0, 0.05) is 30.1 Å². The summed E-state index contributed by atoms with van der Waals surface area (Å²) in [6.45, 7) is 5.05. The Hall–Kier alpha value is -1.42. The van der Waals surface area contributed by atoms with Gasteiger partial charge in [-0.25, -0.2) is 0 Å². The van der Waals surface area contributed by atoms with Crippen LogP contribution in [0.1, 0.15) is 20.3 Å². The zero-order chi connectivity index (χ0) is 12.5. The molecule has 0 bridgehead atoms. The highest BCUT2D eigenvalue weighted by Gasteiger charge is 2.36. The maximum Gasteiger partial charge on any atom is 0.122 e. The molecular weight excluding hydrogens is 216 g/mol. The number of rotatable bonds is 3. The van der Waals surface area contributed by atoms with Crippen molar-refractivity contribution in [3.8, 4) is 5.75 Å². The van der Waals surface area contributed by atoms with E-state index < -0.39 is 0 Å². The summed E-state index contributed by atoms with van der Waals surface area (Å²) in [5.41, 5.74) is 7.46. The summed E-state index contributed by atoms with van der Waals surface area (Å²) in [7, 11) is 1.64. The van der Waals surface area contributed by atoms with Gasteiger partial charge in [-0.2, -0.15) is 0 Å². The Kier molecular flexibility index (Phi) is 3.15. The summed E-state index contributed by atoms with van der Waals surface area (Å²) in [6, 6.07) is 5.67. The Labute approximate surface area is 102 Å². The Morgan fingerprint density at radius 1 is 1.47 bits per heavy atom. The third-order valence-corrected chi connectivity index (χ3v) is 3.48. The highest BCUT2D eigenvalue weighted by molar-refractivity contribution is 5.60. The van der Waals surface area contributed by atoms with Crippen LogP contribution < -0.4 is 15.8 Å². The quantitative estimate of drug-likeness (QED) is 0.790. The predicted molar refractivity (Wildman–Crippen MR) is 69.5 cm³/mol. The third-order valence-electron chi connectivity index (χ3n) is 3.48. The first-order valence-electron chi connectivity index (χ1n) is 5.88. The van der Waals surface area contributed by atoms with Gasteiger partial charge < -0.3 is 20.5 Å². The van der Waals surface area contributed by atoms with Gasteiger partial charge in [-0.15, -0.1) is 0 Å². The Bertz CT molecular complexity index is 408. The topological polar surface area (TPSA) is 56.5 Å². The summed E-state index contributed by atoms with van der Waals surface area (Å²) >= 11 is 0. The number of nitrogens with two attached hydrogens (primary N) is 1. The van der Waals surface area contributed by atoms with Crippen LogP contribution in [0, 0.1) is 0 Å². The van der Waals surface area contributed by atoms with Crippen molar-refractivity contribution in [3.05, 3.63) is 18.2 Å². The highest BCUT2D eigenvalue weighted by Crippen LogP contribution is 2.31. The van der Waals surface area contributed by atoms with Crippen LogP contribution in [-0.2, 0) is 4.74 Å². The second kappa shape index (κ2) is 4.45. The Morgan fingerprint density at radius 2 is 2.24 bits per heavy atom. The van der Waals surface area contributed by atoms with Gasteiger partial charge in [0.05, 0.1) is 18.8 Å². The molecule has 94 valence electrons. The molecule has 1 aromatic rings. The number of methoxy groups -OCH3 is 1. The zero-order valence-corrected chi connectivity index (χ0v) is 10.6. The molecule has 0 spiro atoms. The largest absolute Gasteiger partial charge is 0.497 e. The van der Waals surface area contributed by atoms with Crippen LogP contribution >= 0.6 is 0 Å². The molecule has 0 aliphatic carbocycles. The number of nitrogens with one attached hydrogen (secondary N) is 1. The number of ether oxygens (including phenoxy) is 2. The summed E-state index contributed by atoms with van der Waals surface area (Å²) < 4.78 is 10.8. The molecule has 1 aromatic carbocycles. The summed E-state index contributed by atoms with van der Waals surface area (Å²) in [4.78, 5) is 0. The lowest BCUT2D eigenvalue weighted by Gasteiger charge is -2.30. The Morgan fingerprint density at radius 3 is 2.82 bits per heavy atom. The molecule has 1 saturated heterocycles. The van der Waals surface area contributed by atoms with Crippen LogP contribution in [0.4, 0.5) is 11.4 Å². The molecule has 2 rings (SSSR count). The van der Waals surface area contributed by atoms with Gasteiger partial charge >= 0.3 is 0 Å². The van der Waals surface area contributed by atoms with E-state index in [2.05, 4.69) is 19.2 Å². The minimum absolute atomic E-state index is 0.0429. The van der Waals surface area contributed by atoms with E-state index in [0.717, 1.165) is 24.5 Å². The van der Waals surface area contributed by atoms with Gasteiger partial charge in [0.15, 0.2) is 0 Å². The van der Waals surface area contributed by atoms with E-state index >= 15 is 0 Å². The monoisotopic (exact) mass is 236 g/mol. The van der Waals surface area contributed by atoms with Crippen molar-refractivity contribution in [1.82, 2.24) is 0 Å². The SMILES string of the molecule is COc1cc(N)cc(NC2(C)CCOC2C)c1. The first-order chi connectivity index (χ1) is 8.03. The van der Waals surface area contributed by atoms with E-state index in [1.165, 1.54) is 0 Å². The Balaban J connectivity index is 2.20. The van der Waals surface area contributed by atoms with Gasteiger partial charge in [-0.3, -0.25) is 0 Å². The van der Waals surface area contributed by atoms with Gasteiger partial charge in [-0.05, 0) is 26.3 Å². The molecule has 0 radical (unpaired) electrons. The molecule has 0 aromatic heterocycles. The van der Waals surface area contributed by atoms with Crippen molar-refractivity contribution in [2.45, 2.75) is 31.9 Å². The molecule has 1 aliphatic heterocycles. The van der Waals surface area contributed by atoms with E-state index in [9.17, 15) is 0 Å². The zero-order valence-electron chi connectivity index (χ0n) is 10.6. The normalized spacial score (nSPS) is 28.1. The van der Waals surface area contributed by atoms with E-state index in [4.69, 9.17) is 15.2 Å². The van der Waals surface area contributed by atoms with Crippen molar-refractivity contribution in [3.63, 3.8) is 0 Å². The van der Waals surface area contributed by atoms with Gasteiger partial charge in [0.1, 0.15) is 5.75 Å². The second-order valence-corrected chi connectivity index (χ2v) is 4.80. The smallest absolute Gasteiger partial charge is 0.122 e. The average Bonchev–Trinajstić information content (AvgIpc) is 2.58. The molecule has 1 fully saturated rings. The average molecular weight is 236 g/mol. The molecule has 1 aliphatic rings. The van der Waals surface area contributed by atoms with Crippen molar-refractivity contribution in [2.75, 3.05) is 24.8 Å². The molecule has 0 amide bonds. The number of nitrogen functional groups attached to an aromatic ring is 1. The summed E-state index contributed by atoms with van der Waals surface area (Å²) in [5, 5.41) is 3.50. The molecule has 4 nitrogen and oxygen atoms in total. The van der Waals surface area contributed by atoms with Gasteiger partial charge in [-0.1, -0.05) is 0 Å². The molecule has 0 saturated carbocycles. The van der Waals surface area contributed by atoms with Gasteiger partial charge in [0.2, 0.25) is 0 Å². The number of anilines is 2. The fourth-order valence-corrected chi connectivity index (χ4v) is 2.14. The van der Waals surface area contributed by atoms with Crippen LogP contribution in [-0.4, -0.2) is 25.4 Å². The number of hydrogen-bond acceptors (Lipinski definition) is 4. The fraction of sp³-hybridized carbons (Fsp3) is 0.538. The van der Waals surface area contributed by atoms with Crippen LogP contribution in [0.15, 0.2) is 18.2 Å². The van der Waals surface area contributed by atoms with Gasteiger partial charge in [0.25, 0.3) is 0 Å². The third kappa shape index (κ3) is 2.47. The molecule has 1 heterocycles. The molecule has 2 unspecified atom stereocenters. The minimum atomic E-state index is -0.0429. The lowest BCUT2D eigenvalue weighted by atomic mass is 9.94. The highest BCUT2D eigenvalue weighted by atomic mass is 16.5. The molecular formula is C13H20N2O2. The maximum atomic E-state index is 5.84. The van der Waals surface area contributed by atoms with Crippen molar-refractivity contribution >= 4 is 11.4 Å². The van der Waals surface area contributed by atoms with Crippen molar-refractivity contribution in [2.24, 2.45) is 0 Å². The molecule has 3 N–H and O–H groups in total. The molecule has 4 heteroatoms. The summed E-state index contributed by atoms with van der Waals surface area (Å²) in [5.74, 6) is 0.766. The van der Waals surface area contributed by atoms with Crippen LogP contribution in [0.3, 0.4) is 0 Å². The van der Waals surface area contributed by atoms with Crippen LogP contribution in [0.25, 0.3) is 0 Å². The number of benzene rings is 1. The van der Waals surface area contributed by atoms with Crippen LogP contribution in [0.2, 0.25) is 0 Å². The molecule has 2 atom stereocenters. The minimum Gasteiger partial charge on any atom is -0.497 e. The fourth-order valence-electron chi connectivity index (χ4n) is 2.14. The number of hydrogen-bond donors (Lipinski definition) is 2. The van der Waals surface area contributed by atoms with Crippen molar-refractivity contribution in [1.29, 1.82) is 0 Å². The van der Waals surface area contributed by atoms with E-state index in [-0.39, 0.29) is 11.6 Å². The van der Waals surface area contributed by atoms with E-state index in [1.54, 1.807) is 7.11 Å².